The Kier molecular flexibility index (Phi) is 5.39. The molecule has 5 rings (SSSR count). The summed E-state index contributed by atoms with van der Waals surface area (Å²) in [4.78, 5) is 5.03. The van der Waals surface area contributed by atoms with Gasteiger partial charge in [0.1, 0.15) is 0 Å². The average Bonchev–Trinajstić information content (AvgIpc) is 3.27. The predicted octanol–water partition coefficient (Wildman–Crippen LogP) is 7.84. The van der Waals surface area contributed by atoms with E-state index in [1.807, 2.05) is 66.7 Å². The molecule has 0 aliphatic heterocycles. The van der Waals surface area contributed by atoms with Gasteiger partial charge in [-0.05, 0) is 47.5 Å². The second kappa shape index (κ2) is 8.63. The molecule has 0 unspecified atom stereocenters. The van der Waals surface area contributed by atoms with Crippen molar-refractivity contribution in [3.05, 3.63) is 137 Å². The minimum Gasteiger partial charge on any atom is -0.436 e. The van der Waals surface area contributed by atoms with E-state index in [0.29, 0.717) is 10.9 Å². The van der Waals surface area contributed by atoms with Crippen LogP contribution in [0.25, 0.3) is 22.8 Å². The lowest BCUT2D eigenvalue weighted by atomic mass is 9.87. The number of rotatable bonds is 5. The predicted molar refractivity (Wildman–Crippen MR) is 126 cm³/mol. The first-order valence-corrected chi connectivity index (χ1v) is 10.6. The number of aromatic nitrogens is 1. The normalized spacial score (nSPS) is 11.0. The Morgan fingerprint density at radius 3 is 1.65 bits per heavy atom. The van der Waals surface area contributed by atoms with Crippen LogP contribution < -0.4 is 0 Å². The summed E-state index contributed by atoms with van der Waals surface area (Å²) in [6.07, 6.45) is 0. The molecule has 0 radical (unpaired) electrons. The summed E-state index contributed by atoms with van der Waals surface area (Å²) < 4.78 is 6.40. The van der Waals surface area contributed by atoms with Crippen molar-refractivity contribution in [1.29, 1.82) is 0 Å². The van der Waals surface area contributed by atoms with E-state index in [1.165, 1.54) is 0 Å². The van der Waals surface area contributed by atoms with Crippen LogP contribution >= 0.6 is 11.6 Å². The molecule has 5 aromatic rings. The highest BCUT2D eigenvalue weighted by Gasteiger charge is 2.26. The van der Waals surface area contributed by atoms with Gasteiger partial charge in [0.05, 0.1) is 11.6 Å². The van der Waals surface area contributed by atoms with Gasteiger partial charge in [0.2, 0.25) is 5.89 Å². The third kappa shape index (κ3) is 4.03. The first-order valence-electron chi connectivity index (χ1n) is 10.2. The molecular formula is C28H20ClNO. The van der Waals surface area contributed by atoms with Crippen LogP contribution in [-0.2, 0) is 0 Å². The van der Waals surface area contributed by atoms with Crippen LogP contribution in [0.1, 0.15) is 22.7 Å². The molecule has 0 saturated heterocycles. The fourth-order valence-electron chi connectivity index (χ4n) is 3.84. The summed E-state index contributed by atoms with van der Waals surface area (Å²) >= 11 is 6.15. The maximum Gasteiger partial charge on any atom is 0.227 e. The smallest absolute Gasteiger partial charge is 0.227 e. The van der Waals surface area contributed by atoms with E-state index < -0.39 is 0 Å². The Balaban J connectivity index is 1.75. The molecule has 4 aromatic carbocycles. The van der Waals surface area contributed by atoms with Crippen molar-refractivity contribution in [2.45, 2.75) is 5.92 Å². The topological polar surface area (TPSA) is 26.0 Å². The molecule has 0 atom stereocenters. The molecule has 1 aromatic heterocycles. The van der Waals surface area contributed by atoms with Crippen molar-refractivity contribution in [3.8, 4) is 22.8 Å². The molecule has 31 heavy (non-hydrogen) atoms. The van der Waals surface area contributed by atoms with Crippen molar-refractivity contribution in [2.24, 2.45) is 0 Å². The largest absolute Gasteiger partial charge is 0.436 e. The Bertz CT molecular complexity index is 1220. The summed E-state index contributed by atoms with van der Waals surface area (Å²) in [6, 6.07) is 38.6. The average molecular weight is 422 g/mol. The van der Waals surface area contributed by atoms with Crippen LogP contribution in [0.15, 0.2) is 120 Å². The highest BCUT2D eigenvalue weighted by molar-refractivity contribution is 6.30. The second-order valence-corrected chi connectivity index (χ2v) is 7.80. The number of hydrogen-bond acceptors (Lipinski definition) is 2. The number of nitrogens with zero attached hydrogens (tertiary/aromatic N) is 1. The van der Waals surface area contributed by atoms with Crippen LogP contribution in [0.2, 0.25) is 5.02 Å². The fourth-order valence-corrected chi connectivity index (χ4v) is 3.97. The first-order chi connectivity index (χ1) is 15.3. The summed E-state index contributed by atoms with van der Waals surface area (Å²) in [5.41, 5.74) is 5.11. The fraction of sp³-hybridized carbons (Fsp3) is 0.0357. The van der Waals surface area contributed by atoms with Gasteiger partial charge in [-0.2, -0.15) is 0 Å². The van der Waals surface area contributed by atoms with Gasteiger partial charge in [-0.1, -0.05) is 90.5 Å². The van der Waals surface area contributed by atoms with Crippen LogP contribution in [0, 0.1) is 0 Å². The SMILES string of the molecule is Clc1ccc(-c2oc(-c3ccccc3)nc2C(c2ccccc2)c2ccccc2)cc1. The third-order valence-electron chi connectivity index (χ3n) is 5.32. The van der Waals surface area contributed by atoms with Gasteiger partial charge < -0.3 is 4.42 Å². The van der Waals surface area contributed by atoms with Gasteiger partial charge in [-0.25, -0.2) is 4.98 Å². The van der Waals surface area contributed by atoms with Crippen molar-refractivity contribution in [2.75, 3.05) is 0 Å². The van der Waals surface area contributed by atoms with E-state index >= 15 is 0 Å². The zero-order valence-electron chi connectivity index (χ0n) is 16.8. The summed E-state index contributed by atoms with van der Waals surface area (Å²) in [7, 11) is 0. The molecule has 2 nitrogen and oxygen atoms in total. The lowest BCUT2D eigenvalue weighted by Gasteiger charge is -2.17. The van der Waals surface area contributed by atoms with Gasteiger partial charge in [0.25, 0.3) is 0 Å². The molecule has 0 aliphatic rings. The lowest BCUT2D eigenvalue weighted by molar-refractivity contribution is 0.587. The van der Waals surface area contributed by atoms with E-state index in [9.17, 15) is 0 Å². The molecule has 0 aliphatic carbocycles. The minimum atomic E-state index is -0.0608. The van der Waals surface area contributed by atoms with Gasteiger partial charge in [0.15, 0.2) is 5.76 Å². The van der Waals surface area contributed by atoms with Crippen LogP contribution in [-0.4, -0.2) is 4.98 Å². The zero-order chi connectivity index (χ0) is 21.0. The quantitative estimate of drug-likeness (QED) is 0.289. The summed E-state index contributed by atoms with van der Waals surface area (Å²) in [5.74, 6) is 1.31. The Morgan fingerprint density at radius 2 is 1.10 bits per heavy atom. The number of hydrogen-bond donors (Lipinski definition) is 0. The number of halogens is 1. The Morgan fingerprint density at radius 1 is 0.581 bits per heavy atom. The molecule has 0 saturated carbocycles. The lowest BCUT2D eigenvalue weighted by Crippen LogP contribution is -2.05. The van der Waals surface area contributed by atoms with Gasteiger partial charge in [-0.3, -0.25) is 0 Å². The molecule has 0 fully saturated rings. The summed E-state index contributed by atoms with van der Waals surface area (Å²) in [6.45, 7) is 0. The second-order valence-electron chi connectivity index (χ2n) is 7.36. The standard InChI is InChI=1S/C28H20ClNO/c29-24-18-16-22(17-19-24)27-26(30-28(31-27)23-14-8-3-9-15-23)25(20-10-4-1-5-11-20)21-12-6-2-7-13-21/h1-19,25H. The van der Waals surface area contributed by atoms with Crippen molar-refractivity contribution in [3.63, 3.8) is 0 Å². The van der Waals surface area contributed by atoms with Crippen LogP contribution in [0.4, 0.5) is 0 Å². The summed E-state index contributed by atoms with van der Waals surface area (Å²) in [5, 5.41) is 0.691. The van der Waals surface area contributed by atoms with Crippen LogP contribution in [0.3, 0.4) is 0 Å². The monoisotopic (exact) mass is 421 g/mol. The number of benzene rings is 4. The van der Waals surface area contributed by atoms with Gasteiger partial charge >= 0.3 is 0 Å². The highest BCUT2D eigenvalue weighted by atomic mass is 35.5. The molecule has 3 heteroatoms. The van der Waals surface area contributed by atoms with Crippen molar-refractivity contribution < 1.29 is 4.42 Å². The Hall–Kier alpha value is -3.62. The maximum atomic E-state index is 6.40. The van der Waals surface area contributed by atoms with Gasteiger partial charge in [0, 0.05) is 16.1 Å². The van der Waals surface area contributed by atoms with Crippen molar-refractivity contribution in [1.82, 2.24) is 4.98 Å². The number of oxazole rings is 1. The molecule has 0 amide bonds. The Labute approximate surface area is 186 Å². The molecular weight excluding hydrogens is 402 g/mol. The highest BCUT2D eigenvalue weighted by Crippen LogP contribution is 2.40. The van der Waals surface area contributed by atoms with E-state index in [0.717, 1.165) is 33.7 Å². The van der Waals surface area contributed by atoms with E-state index in [1.54, 1.807) is 0 Å². The van der Waals surface area contributed by atoms with Crippen LogP contribution in [0.5, 0.6) is 0 Å². The van der Waals surface area contributed by atoms with Crippen molar-refractivity contribution >= 4 is 11.6 Å². The minimum absolute atomic E-state index is 0.0608. The third-order valence-corrected chi connectivity index (χ3v) is 5.57. The maximum absolute atomic E-state index is 6.40. The zero-order valence-corrected chi connectivity index (χ0v) is 17.5. The molecule has 0 bridgehead atoms. The molecule has 0 spiro atoms. The molecule has 150 valence electrons. The van der Waals surface area contributed by atoms with E-state index in [-0.39, 0.29) is 5.92 Å². The first kappa shape index (κ1) is 19.3. The molecule has 1 heterocycles. The molecule has 0 N–H and O–H groups in total. The van der Waals surface area contributed by atoms with Gasteiger partial charge in [-0.15, -0.1) is 0 Å². The van der Waals surface area contributed by atoms with E-state index in [2.05, 4.69) is 48.5 Å². The van der Waals surface area contributed by atoms with E-state index in [4.69, 9.17) is 21.0 Å².